The molecule has 0 radical (unpaired) electrons. The summed E-state index contributed by atoms with van der Waals surface area (Å²) in [6, 6.07) is 19.1. The highest BCUT2D eigenvalue weighted by atomic mass is 19.4. The van der Waals surface area contributed by atoms with Gasteiger partial charge in [0.25, 0.3) is 5.56 Å². The summed E-state index contributed by atoms with van der Waals surface area (Å²) in [5.74, 6) is -0.364. The summed E-state index contributed by atoms with van der Waals surface area (Å²) in [7, 11) is 0. The van der Waals surface area contributed by atoms with Crippen LogP contribution in [0.5, 0.6) is 0 Å². The molecule has 0 unspecified atom stereocenters. The lowest BCUT2D eigenvalue weighted by atomic mass is 10.1. The maximum absolute atomic E-state index is 13.4. The van der Waals surface area contributed by atoms with E-state index in [2.05, 4.69) is 10.1 Å². The second kappa shape index (κ2) is 9.16. The SMILES string of the molecule is Cc1cc(C=Nn2c(-c3cccc(C(F)(F)F)c3)nc3ccccc3c2=O)c(C)n1-c1ccc(F)cc1. The van der Waals surface area contributed by atoms with Crippen molar-refractivity contribution < 1.29 is 17.6 Å². The Morgan fingerprint density at radius 2 is 1.65 bits per heavy atom. The first-order valence-electron chi connectivity index (χ1n) is 11.3. The van der Waals surface area contributed by atoms with Crippen molar-refractivity contribution in [3.63, 3.8) is 0 Å². The molecule has 0 fully saturated rings. The number of benzene rings is 3. The minimum Gasteiger partial charge on any atom is -0.318 e. The van der Waals surface area contributed by atoms with Gasteiger partial charge in [0.05, 0.1) is 22.7 Å². The maximum atomic E-state index is 13.4. The van der Waals surface area contributed by atoms with Crippen LogP contribution in [0.2, 0.25) is 0 Å². The van der Waals surface area contributed by atoms with E-state index in [0.717, 1.165) is 33.9 Å². The molecule has 2 heterocycles. The number of nitrogens with zero attached hydrogens (tertiary/aromatic N) is 4. The Bertz CT molecular complexity index is 1710. The normalized spacial score (nSPS) is 12.1. The minimum absolute atomic E-state index is 0.0154. The van der Waals surface area contributed by atoms with Gasteiger partial charge in [-0.15, -0.1) is 0 Å². The second-order valence-corrected chi connectivity index (χ2v) is 8.53. The molecule has 0 saturated carbocycles. The van der Waals surface area contributed by atoms with Crippen molar-refractivity contribution in [1.82, 2.24) is 14.2 Å². The van der Waals surface area contributed by atoms with E-state index >= 15 is 0 Å². The molecule has 5 aromatic rings. The van der Waals surface area contributed by atoms with E-state index in [1.807, 2.05) is 24.5 Å². The zero-order chi connectivity index (χ0) is 26.3. The third kappa shape index (κ3) is 4.55. The fourth-order valence-corrected chi connectivity index (χ4v) is 4.28. The van der Waals surface area contributed by atoms with Gasteiger partial charge in [0, 0.05) is 28.2 Å². The third-order valence-electron chi connectivity index (χ3n) is 6.07. The van der Waals surface area contributed by atoms with Crippen molar-refractivity contribution >= 4 is 17.1 Å². The molecule has 0 aliphatic carbocycles. The number of aromatic nitrogens is 3. The lowest BCUT2D eigenvalue weighted by Gasteiger charge is -2.12. The van der Waals surface area contributed by atoms with Gasteiger partial charge in [-0.1, -0.05) is 24.3 Å². The van der Waals surface area contributed by atoms with E-state index in [-0.39, 0.29) is 22.6 Å². The number of halogens is 4. The molecule has 37 heavy (non-hydrogen) atoms. The van der Waals surface area contributed by atoms with Gasteiger partial charge in [0.2, 0.25) is 0 Å². The highest BCUT2D eigenvalue weighted by Gasteiger charge is 2.31. The molecule has 0 aliphatic heterocycles. The van der Waals surface area contributed by atoms with E-state index in [1.54, 1.807) is 36.4 Å². The molecule has 5 nitrogen and oxygen atoms in total. The zero-order valence-corrected chi connectivity index (χ0v) is 19.8. The van der Waals surface area contributed by atoms with Crippen molar-refractivity contribution in [2.45, 2.75) is 20.0 Å². The predicted molar refractivity (Wildman–Crippen MR) is 135 cm³/mol. The van der Waals surface area contributed by atoms with E-state index in [1.165, 1.54) is 30.5 Å². The molecule has 0 N–H and O–H groups in total. The summed E-state index contributed by atoms with van der Waals surface area (Å²) in [6.07, 6.45) is -3.09. The minimum atomic E-state index is -4.56. The Kier molecular flexibility index (Phi) is 5.99. The monoisotopic (exact) mass is 504 g/mol. The first-order chi connectivity index (χ1) is 17.6. The van der Waals surface area contributed by atoms with Gasteiger partial charge in [-0.25, -0.2) is 9.37 Å². The zero-order valence-electron chi connectivity index (χ0n) is 19.8. The first-order valence-corrected chi connectivity index (χ1v) is 11.3. The number of alkyl halides is 3. The number of fused-ring (bicyclic) bond motifs is 1. The lowest BCUT2D eigenvalue weighted by Crippen LogP contribution is -2.20. The Hall–Kier alpha value is -4.53. The molecule has 2 aromatic heterocycles. The van der Waals surface area contributed by atoms with E-state index < -0.39 is 17.3 Å². The van der Waals surface area contributed by atoms with E-state index in [9.17, 15) is 22.4 Å². The van der Waals surface area contributed by atoms with Gasteiger partial charge in [-0.3, -0.25) is 4.79 Å². The predicted octanol–water partition coefficient (Wildman–Crippen LogP) is 6.51. The maximum Gasteiger partial charge on any atom is 0.416 e. The van der Waals surface area contributed by atoms with Crippen molar-refractivity contribution in [1.29, 1.82) is 0 Å². The van der Waals surface area contributed by atoms with Gasteiger partial charge >= 0.3 is 6.18 Å². The molecule has 0 saturated heterocycles. The van der Waals surface area contributed by atoms with Crippen LogP contribution in [0.3, 0.4) is 0 Å². The highest BCUT2D eigenvalue weighted by Crippen LogP contribution is 2.32. The number of hydrogen-bond acceptors (Lipinski definition) is 3. The van der Waals surface area contributed by atoms with Gasteiger partial charge < -0.3 is 4.57 Å². The van der Waals surface area contributed by atoms with Crippen molar-refractivity contribution in [2.24, 2.45) is 5.10 Å². The van der Waals surface area contributed by atoms with Crippen LogP contribution in [0.1, 0.15) is 22.5 Å². The topological polar surface area (TPSA) is 52.2 Å². The number of rotatable bonds is 4. The summed E-state index contributed by atoms with van der Waals surface area (Å²) >= 11 is 0. The molecule has 0 atom stereocenters. The van der Waals surface area contributed by atoms with Gasteiger partial charge in [-0.05, 0) is 68.4 Å². The molecular weight excluding hydrogens is 484 g/mol. The van der Waals surface area contributed by atoms with Gasteiger partial charge in [0.15, 0.2) is 5.82 Å². The molecule has 9 heteroatoms. The summed E-state index contributed by atoms with van der Waals surface area (Å²) < 4.78 is 56.5. The Morgan fingerprint density at radius 1 is 0.919 bits per heavy atom. The lowest BCUT2D eigenvalue weighted by molar-refractivity contribution is -0.137. The smallest absolute Gasteiger partial charge is 0.318 e. The Labute approximate surface area is 209 Å². The van der Waals surface area contributed by atoms with Crippen LogP contribution in [0.15, 0.2) is 88.8 Å². The largest absolute Gasteiger partial charge is 0.416 e. The van der Waals surface area contributed by atoms with Crippen LogP contribution >= 0.6 is 0 Å². The number of para-hydroxylation sites is 1. The summed E-state index contributed by atoms with van der Waals surface area (Å²) in [5, 5.41) is 4.66. The molecule has 0 spiro atoms. The van der Waals surface area contributed by atoms with Gasteiger partial charge in [-0.2, -0.15) is 22.9 Å². The number of aryl methyl sites for hydroxylation is 1. The number of hydrogen-bond donors (Lipinski definition) is 0. The quantitative estimate of drug-likeness (QED) is 0.207. The molecule has 3 aromatic carbocycles. The van der Waals surface area contributed by atoms with Crippen LogP contribution in [0.4, 0.5) is 17.6 Å². The fourth-order valence-electron chi connectivity index (χ4n) is 4.28. The van der Waals surface area contributed by atoms with Crippen LogP contribution in [-0.2, 0) is 6.18 Å². The summed E-state index contributed by atoms with van der Waals surface area (Å²) in [4.78, 5) is 17.9. The highest BCUT2D eigenvalue weighted by molar-refractivity contribution is 5.83. The molecule has 186 valence electrons. The van der Waals surface area contributed by atoms with Crippen molar-refractivity contribution in [3.8, 4) is 17.1 Å². The molecule has 0 amide bonds. The molecule has 0 bridgehead atoms. The molecule has 5 rings (SSSR count). The van der Waals surface area contributed by atoms with Crippen LogP contribution in [0, 0.1) is 19.7 Å². The summed E-state index contributed by atoms with van der Waals surface area (Å²) in [5.41, 5.74) is 2.16. The average Bonchev–Trinajstić information content (AvgIpc) is 3.16. The van der Waals surface area contributed by atoms with E-state index in [4.69, 9.17) is 0 Å². The van der Waals surface area contributed by atoms with Crippen LogP contribution in [-0.4, -0.2) is 20.4 Å². The molecular formula is C28H20F4N4O. The third-order valence-corrected chi connectivity index (χ3v) is 6.07. The van der Waals surface area contributed by atoms with E-state index in [0.29, 0.717) is 11.1 Å². The van der Waals surface area contributed by atoms with Gasteiger partial charge in [0.1, 0.15) is 5.82 Å². The standard InChI is InChI=1S/C28H20F4N4O/c1-17-14-20(18(2)35(17)23-12-10-22(29)11-13-23)16-33-36-26(19-6-5-7-21(15-19)28(30,31)32)34-25-9-4-3-8-24(25)27(36)37/h3-16H,1-2H3. The fraction of sp³-hybridized carbons (Fsp3) is 0.107. The Balaban J connectivity index is 1.67. The van der Waals surface area contributed by atoms with Crippen molar-refractivity contribution in [2.75, 3.05) is 0 Å². The van der Waals surface area contributed by atoms with Crippen molar-refractivity contribution in [3.05, 3.63) is 118 Å². The first kappa shape index (κ1) is 24.2. The second-order valence-electron chi connectivity index (χ2n) is 8.53. The molecule has 0 aliphatic rings. The van der Waals surface area contributed by atoms with Crippen LogP contribution < -0.4 is 5.56 Å². The van der Waals surface area contributed by atoms with Crippen LogP contribution in [0.25, 0.3) is 28.0 Å². The summed E-state index contributed by atoms with van der Waals surface area (Å²) in [6.45, 7) is 3.73. The Morgan fingerprint density at radius 3 is 2.38 bits per heavy atom. The average molecular weight is 504 g/mol.